The molecular weight excluding hydrogens is 290 g/mol. The van der Waals surface area contributed by atoms with Gasteiger partial charge in [-0.2, -0.15) is 5.10 Å². The molecular formula is C18H27N3O2. The van der Waals surface area contributed by atoms with Crippen LogP contribution in [-0.2, 0) is 13.1 Å². The van der Waals surface area contributed by atoms with Gasteiger partial charge in [0.2, 0.25) is 0 Å². The molecule has 0 bridgehead atoms. The SMILES string of the molecule is CCn1nc(NCc2ccc(OCC(C)C)c(OC)c2)cc1C. The number of benzene rings is 1. The van der Waals surface area contributed by atoms with Gasteiger partial charge in [0.1, 0.15) is 5.82 Å². The maximum atomic E-state index is 5.78. The van der Waals surface area contributed by atoms with E-state index in [1.807, 2.05) is 16.8 Å². The minimum Gasteiger partial charge on any atom is -0.493 e. The van der Waals surface area contributed by atoms with Gasteiger partial charge in [0.05, 0.1) is 13.7 Å². The second kappa shape index (κ2) is 7.90. The number of anilines is 1. The summed E-state index contributed by atoms with van der Waals surface area (Å²) < 4.78 is 13.2. The number of methoxy groups -OCH3 is 1. The molecule has 2 aromatic rings. The molecule has 0 saturated heterocycles. The average Bonchev–Trinajstić information content (AvgIpc) is 2.91. The van der Waals surface area contributed by atoms with Crippen molar-refractivity contribution in [3.8, 4) is 11.5 Å². The molecule has 5 heteroatoms. The van der Waals surface area contributed by atoms with Crippen molar-refractivity contribution in [3.05, 3.63) is 35.5 Å². The Kier molecular flexibility index (Phi) is 5.90. The van der Waals surface area contributed by atoms with Gasteiger partial charge in [0.15, 0.2) is 11.5 Å². The summed E-state index contributed by atoms with van der Waals surface area (Å²) in [6.07, 6.45) is 0. The van der Waals surface area contributed by atoms with E-state index in [4.69, 9.17) is 9.47 Å². The topological polar surface area (TPSA) is 48.3 Å². The highest BCUT2D eigenvalue weighted by Crippen LogP contribution is 2.28. The third-order valence-corrected chi connectivity index (χ3v) is 3.55. The zero-order chi connectivity index (χ0) is 16.8. The van der Waals surface area contributed by atoms with Crippen molar-refractivity contribution in [1.29, 1.82) is 0 Å². The lowest BCUT2D eigenvalue weighted by molar-refractivity contribution is 0.257. The highest BCUT2D eigenvalue weighted by atomic mass is 16.5. The Morgan fingerprint density at radius 2 is 2.00 bits per heavy atom. The van der Waals surface area contributed by atoms with Crippen LogP contribution in [0.4, 0.5) is 5.82 Å². The number of rotatable bonds is 8. The molecule has 23 heavy (non-hydrogen) atoms. The minimum absolute atomic E-state index is 0.484. The predicted octanol–water partition coefficient (Wildman–Crippen LogP) is 3.87. The Hall–Kier alpha value is -2.17. The Morgan fingerprint density at radius 1 is 1.22 bits per heavy atom. The summed E-state index contributed by atoms with van der Waals surface area (Å²) in [7, 11) is 1.67. The minimum atomic E-state index is 0.484. The van der Waals surface area contributed by atoms with Gasteiger partial charge in [0, 0.05) is 24.8 Å². The van der Waals surface area contributed by atoms with Gasteiger partial charge in [-0.15, -0.1) is 0 Å². The highest BCUT2D eigenvalue weighted by Gasteiger charge is 2.08. The van der Waals surface area contributed by atoms with Gasteiger partial charge in [-0.05, 0) is 37.5 Å². The van der Waals surface area contributed by atoms with Crippen molar-refractivity contribution >= 4 is 5.82 Å². The van der Waals surface area contributed by atoms with Gasteiger partial charge >= 0.3 is 0 Å². The normalized spacial score (nSPS) is 10.9. The summed E-state index contributed by atoms with van der Waals surface area (Å²) in [6.45, 7) is 10.7. The monoisotopic (exact) mass is 317 g/mol. The van der Waals surface area contributed by atoms with Crippen molar-refractivity contribution in [3.63, 3.8) is 0 Å². The quantitative estimate of drug-likeness (QED) is 0.803. The Labute approximate surface area is 138 Å². The van der Waals surface area contributed by atoms with Crippen LogP contribution in [0.25, 0.3) is 0 Å². The molecule has 0 spiro atoms. The van der Waals surface area contributed by atoms with Crippen molar-refractivity contribution < 1.29 is 9.47 Å². The summed E-state index contributed by atoms with van der Waals surface area (Å²) in [5, 5.41) is 7.85. The van der Waals surface area contributed by atoms with Crippen LogP contribution >= 0.6 is 0 Å². The molecule has 0 amide bonds. The summed E-state index contributed by atoms with van der Waals surface area (Å²) in [6, 6.07) is 8.08. The average molecular weight is 317 g/mol. The first-order valence-corrected chi connectivity index (χ1v) is 8.11. The first kappa shape index (κ1) is 17.2. The molecule has 0 saturated carbocycles. The van der Waals surface area contributed by atoms with E-state index in [9.17, 15) is 0 Å². The van der Waals surface area contributed by atoms with E-state index < -0.39 is 0 Å². The number of aromatic nitrogens is 2. The first-order chi connectivity index (χ1) is 11.0. The van der Waals surface area contributed by atoms with Gasteiger partial charge in [-0.25, -0.2) is 0 Å². The maximum Gasteiger partial charge on any atom is 0.161 e. The standard InChI is InChI=1S/C18H27N3O2/c1-6-21-14(4)9-18(20-21)19-11-15-7-8-16(17(10-15)22-5)23-12-13(2)3/h7-10,13H,6,11-12H2,1-5H3,(H,19,20). The van der Waals surface area contributed by atoms with Crippen molar-refractivity contribution in [2.24, 2.45) is 5.92 Å². The number of nitrogens with one attached hydrogen (secondary N) is 1. The second-order valence-electron chi connectivity index (χ2n) is 6.03. The zero-order valence-corrected chi connectivity index (χ0v) is 14.7. The molecule has 0 aliphatic carbocycles. The largest absolute Gasteiger partial charge is 0.493 e. The Morgan fingerprint density at radius 3 is 2.61 bits per heavy atom. The first-order valence-electron chi connectivity index (χ1n) is 8.11. The number of hydrogen-bond acceptors (Lipinski definition) is 4. The fourth-order valence-corrected chi connectivity index (χ4v) is 2.31. The molecule has 0 unspecified atom stereocenters. The van der Waals surface area contributed by atoms with Crippen LogP contribution in [-0.4, -0.2) is 23.5 Å². The van der Waals surface area contributed by atoms with Crippen molar-refractivity contribution in [2.45, 2.75) is 40.8 Å². The van der Waals surface area contributed by atoms with Crippen molar-refractivity contribution in [2.75, 3.05) is 19.0 Å². The lowest BCUT2D eigenvalue weighted by atomic mass is 10.2. The third-order valence-electron chi connectivity index (χ3n) is 3.55. The summed E-state index contributed by atoms with van der Waals surface area (Å²) in [5.41, 5.74) is 2.28. The van der Waals surface area contributed by atoms with Gasteiger partial charge in [0.25, 0.3) is 0 Å². The van der Waals surface area contributed by atoms with Crippen LogP contribution in [0.1, 0.15) is 32.0 Å². The van der Waals surface area contributed by atoms with E-state index in [1.54, 1.807) is 7.11 Å². The zero-order valence-electron chi connectivity index (χ0n) is 14.7. The number of ether oxygens (including phenoxy) is 2. The van der Waals surface area contributed by atoms with Gasteiger partial charge < -0.3 is 14.8 Å². The summed E-state index contributed by atoms with van der Waals surface area (Å²) in [5.74, 6) is 2.93. The summed E-state index contributed by atoms with van der Waals surface area (Å²) in [4.78, 5) is 0. The van der Waals surface area contributed by atoms with Gasteiger partial charge in [-0.1, -0.05) is 19.9 Å². The molecule has 1 N–H and O–H groups in total. The lowest BCUT2D eigenvalue weighted by Crippen LogP contribution is -2.06. The molecule has 2 rings (SSSR count). The molecule has 1 heterocycles. The molecule has 0 aliphatic heterocycles. The predicted molar refractivity (Wildman–Crippen MR) is 93.3 cm³/mol. The van der Waals surface area contributed by atoms with Crippen LogP contribution in [0.3, 0.4) is 0 Å². The smallest absolute Gasteiger partial charge is 0.161 e. The van der Waals surface area contributed by atoms with E-state index in [0.29, 0.717) is 19.1 Å². The third kappa shape index (κ3) is 4.65. The van der Waals surface area contributed by atoms with Crippen LogP contribution in [0.2, 0.25) is 0 Å². The molecule has 0 atom stereocenters. The second-order valence-corrected chi connectivity index (χ2v) is 6.03. The fourth-order valence-electron chi connectivity index (χ4n) is 2.31. The maximum absolute atomic E-state index is 5.78. The van der Waals surface area contributed by atoms with E-state index >= 15 is 0 Å². The van der Waals surface area contributed by atoms with Crippen LogP contribution < -0.4 is 14.8 Å². The van der Waals surface area contributed by atoms with E-state index in [-0.39, 0.29) is 0 Å². The van der Waals surface area contributed by atoms with E-state index in [2.05, 4.69) is 50.2 Å². The number of nitrogens with zero attached hydrogens (tertiary/aromatic N) is 2. The van der Waals surface area contributed by atoms with Crippen LogP contribution in [0, 0.1) is 12.8 Å². The van der Waals surface area contributed by atoms with Gasteiger partial charge in [-0.3, -0.25) is 4.68 Å². The molecule has 0 radical (unpaired) electrons. The van der Waals surface area contributed by atoms with Crippen molar-refractivity contribution in [1.82, 2.24) is 9.78 Å². The highest BCUT2D eigenvalue weighted by molar-refractivity contribution is 5.44. The summed E-state index contributed by atoms with van der Waals surface area (Å²) >= 11 is 0. The number of hydrogen-bond donors (Lipinski definition) is 1. The molecule has 0 aliphatic rings. The molecule has 126 valence electrons. The van der Waals surface area contributed by atoms with E-state index in [1.165, 1.54) is 0 Å². The lowest BCUT2D eigenvalue weighted by Gasteiger charge is -2.13. The van der Waals surface area contributed by atoms with E-state index in [0.717, 1.165) is 35.1 Å². The van der Waals surface area contributed by atoms with Crippen LogP contribution in [0.5, 0.6) is 11.5 Å². The van der Waals surface area contributed by atoms with Crippen LogP contribution in [0.15, 0.2) is 24.3 Å². The molecule has 1 aromatic heterocycles. The fraction of sp³-hybridized carbons (Fsp3) is 0.500. The Bertz CT molecular complexity index is 635. The molecule has 1 aromatic carbocycles. The Balaban J connectivity index is 2.02. The molecule has 5 nitrogen and oxygen atoms in total. The molecule has 0 fully saturated rings. The number of aryl methyl sites for hydroxylation is 2.